The molecule has 4 rings (SSSR count). The van der Waals surface area contributed by atoms with Gasteiger partial charge in [0.2, 0.25) is 5.91 Å². The molecule has 0 spiro atoms. The maximum atomic E-state index is 12.1. The molecule has 1 aliphatic heterocycles. The summed E-state index contributed by atoms with van der Waals surface area (Å²) in [5.74, 6) is 1.06. The van der Waals surface area contributed by atoms with Gasteiger partial charge in [-0.25, -0.2) is 9.67 Å². The summed E-state index contributed by atoms with van der Waals surface area (Å²) in [7, 11) is 0. The predicted molar refractivity (Wildman–Crippen MR) is 95.1 cm³/mol. The molecule has 7 nitrogen and oxygen atoms in total. The van der Waals surface area contributed by atoms with E-state index in [0.717, 1.165) is 37.1 Å². The Balaban J connectivity index is 1.21. The number of hydrogen-bond donors (Lipinski definition) is 3. The Hall–Kier alpha value is -2.67. The van der Waals surface area contributed by atoms with E-state index in [-0.39, 0.29) is 11.9 Å². The average molecular weight is 338 g/mol. The smallest absolute Gasteiger partial charge is 0.233 e. The van der Waals surface area contributed by atoms with Gasteiger partial charge in [-0.15, -0.1) is 0 Å². The van der Waals surface area contributed by atoms with Crippen molar-refractivity contribution in [2.45, 2.75) is 31.8 Å². The Bertz CT molecular complexity index is 867. The molecule has 7 heteroatoms. The first-order chi connectivity index (χ1) is 12.3. The van der Waals surface area contributed by atoms with Gasteiger partial charge in [-0.2, -0.15) is 5.10 Å². The van der Waals surface area contributed by atoms with Gasteiger partial charge in [0, 0.05) is 36.1 Å². The summed E-state index contributed by atoms with van der Waals surface area (Å²) in [5, 5.41) is 11.7. The highest BCUT2D eigenvalue weighted by Gasteiger charge is 2.19. The number of carbonyl (C=O) groups excluding carboxylic acids is 1. The number of aryl methyl sites for hydroxylation is 1. The molecule has 1 aromatic carbocycles. The van der Waals surface area contributed by atoms with Crippen LogP contribution in [0.2, 0.25) is 0 Å². The summed E-state index contributed by atoms with van der Waals surface area (Å²) < 4.78 is 1.91. The third kappa shape index (κ3) is 3.56. The average Bonchev–Trinajstić information content (AvgIpc) is 3.26. The molecule has 2 aromatic heterocycles. The molecular formula is C18H22N6O. The zero-order valence-electron chi connectivity index (χ0n) is 14.0. The van der Waals surface area contributed by atoms with Crippen LogP contribution >= 0.6 is 0 Å². The van der Waals surface area contributed by atoms with Crippen LogP contribution < -0.4 is 10.6 Å². The van der Waals surface area contributed by atoms with E-state index in [9.17, 15) is 4.79 Å². The molecule has 3 N–H and O–H groups in total. The van der Waals surface area contributed by atoms with E-state index in [1.165, 1.54) is 10.9 Å². The molecule has 0 aliphatic carbocycles. The van der Waals surface area contributed by atoms with E-state index >= 15 is 0 Å². The van der Waals surface area contributed by atoms with Crippen molar-refractivity contribution in [3.05, 3.63) is 48.2 Å². The molecule has 0 saturated heterocycles. The van der Waals surface area contributed by atoms with Crippen molar-refractivity contribution in [2.75, 3.05) is 13.1 Å². The first kappa shape index (κ1) is 15.8. The summed E-state index contributed by atoms with van der Waals surface area (Å²) >= 11 is 0. The molecule has 3 heterocycles. The van der Waals surface area contributed by atoms with Crippen molar-refractivity contribution >= 4 is 16.8 Å². The molecule has 3 aromatic rings. The second-order valence-corrected chi connectivity index (χ2v) is 6.43. The van der Waals surface area contributed by atoms with E-state index in [2.05, 4.69) is 37.8 Å². The van der Waals surface area contributed by atoms with Crippen LogP contribution in [0.15, 0.2) is 36.8 Å². The molecular weight excluding hydrogens is 316 g/mol. The number of amides is 1. The molecule has 0 bridgehead atoms. The maximum Gasteiger partial charge on any atom is 0.233 e. The lowest BCUT2D eigenvalue weighted by molar-refractivity contribution is -0.120. The number of carbonyl (C=O) groups is 1. The molecule has 130 valence electrons. The van der Waals surface area contributed by atoms with Gasteiger partial charge in [-0.05, 0) is 24.5 Å². The zero-order chi connectivity index (χ0) is 17.1. The largest absolute Gasteiger partial charge is 0.361 e. The fraction of sp³-hybridized carbons (Fsp3) is 0.389. The number of aromatic nitrogens is 4. The minimum absolute atomic E-state index is 0.0317. The molecule has 1 unspecified atom stereocenters. The van der Waals surface area contributed by atoms with Crippen molar-refractivity contribution in [3.8, 4) is 0 Å². The number of hydrogen-bond acceptors (Lipinski definition) is 4. The lowest BCUT2D eigenvalue weighted by Crippen LogP contribution is -2.43. The standard InChI is InChI=1S/C18H22N6O/c25-18(10-20-14-5-6-17-22-12-23-24(17)11-14)19-8-7-13-9-21-16-4-2-1-3-15(13)16/h1-4,9,12,14,20-21H,5-8,10-11H2,(H,19,25). The lowest BCUT2D eigenvalue weighted by atomic mass is 10.1. The fourth-order valence-electron chi connectivity index (χ4n) is 3.38. The number of rotatable bonds is 6. The van der Waals surface area contributed by atoms with Crippen LogP contribution in [0, 0.1) is 0 Å². The van der Waals surface area contributed by atoms with Crippen molar-refractivity contribution in [1.82, 2.24) is 30.4 Å². The Labute approximate surface area is 145 Å². The molecule has 25 heavy (non-hydrogen) atoms. The van der Waals surface area contributed by atoms with Crippen LogP contribution in [-0.2, 0) is 24.2 Å². The Morgan fingerprint density at radius 3 is 3.24 bits per heavy atom. The third-order valence-electron chi connectivity index (χ3n) is 4.75. The monoisotopic (exact) mass is 338 g/mol. The first-order valence-corrected chi connectivity index (χ1v) is 8.71. The van der Waals surface area contributed by atoms with Gasteiger partial charge in [0.1, 0.15) is 12.2 Å². The lowest BCUT2D eigenvalue weighted by Gasteiger charge is -2.23. The number of benzene rings is 1. The number of nitrogens with zero attached hydrogens (tertiary/aromatic N) is 3. The molecule has 1 aliphatic rings. The Morgan fingerprint density at radius 1 is 1.36 bits per heavy atom. The van der Waals surface area contributed by atoms with Gasteiger partial charge in [0.25, 0.3) is 0 Å². The van der Waals surface area contributed by atoms with Crippen molar-refractivity contribution in [1.29, 1.82) is 0 Å². The van der Waals surface area contributed by atoms with Gasteiger partial charge >= 0.3 is 0 Å². The predicted octanol–water partition coefficient (Wildman–Crippen LogP) is 1.02. The highest BCUT2D eigenvalue weighted by molar-refractivity contribution is 5.83. The van der Waals surface area contributed by atoms with Crippen molar-refractivity contribution in [2.24, 2.45) is 0 Å². The molecule has 1 atom stereocenters. The topological polar surface area (TPSA) is 87.6 Å². The number of fused-ring (bicyclic) bond motifs is 2. The van der Waals surface area contributed by atoms with Gasteiger partial charge < -0.3 is 15.6 Å². The number of H-pyrrole nitrogens is 1. The minimum Gasteiger partial charge on any atom is -0.361 e. The summed E-state index contributed by atoms with van der Waals surface area (Å²) in [4.78, 5) is 19.5. The Kier molecular flexibility index (Phi) is 4.47. The molecule has 0 fully saturated rings. The van der Waals surface area contributed by atoms with Crippen LogP contribution in [0.4, 0.5) is 0 Å². The highest BCUT2D eigenvalue weighted by Crippen LogP contribution is 2.17. The van der Waals surface area contributed by atoms with Gasteiger partial charge in [0.15, 0.2) is 0 Å². The summed E-state index contributed by atoms with van der Waals surface area (Å²) in [6.45, 7) is 1.75. The van der Waals surface area contributed by atoms with Crippen LogP contribution in [0.1, 0.15) is 17.8 Å². The normalized spacial score (nSPS) is 16.7. The highest BCUT2D eigenvalue weighted by atomic mass is 16.1. The van der Waals surface area contributed by atoms with Gasteiger partial charge in [-0.3, -0.25) is 4.79 Å². The second kappa shape index (κ2) is 7.06. The van der Waals surface area contributed by atoms with Crippen LogP contribution in [0.5, 0.6) is 0 Å². The Morgan fingerprint density at radius 2 is 2.28 bits per heavy atom. The number of aromatic amines is 1. The SMILES string of the molecule is O=C(CNC1CCc2ncnn2C1)NCCc1c[nH]c2ccccc12. The fourth-order valence-corrected chi connectivity index (χ4v) is 3.38. The van der Waals surface area contributed by atoms with E-state index in [1.54, 1.807) is 6.33 Å². The summed E-state index contributed by atoms with van der Waals surface area (Å²) in [6, 6.07) is 8.49. The minimum atomic E-state index is 0.0317. The first-order valence-electron chi connectivity index (χ1n) is 8.71. The van der Waals surface area contributed by atoms with Crippen molar-refractivity contribution < 1.29 is 4.79 Å². The van der Waals surface area contributed by atoms with Gasteiger partial charge in [-0.1, -0.05) is 18.2 Å². The van der Waals surface area contributed by atoms with Crippen LogP contribution in [-0.4, -0.2) is 44.8 Å². The van der Waals surface area contributed by atoms with E-state index in [1.807, 2.05) is 23.0 Å². The van der Waals surface area contributed by atoms with Crippen LogP contribution in [0.25, 0.3) is 10.9 Å². The van der Waals surface area contributed by atoms with E-state index < -0.39 is 0 Å². The van der Waals surface area contributed by atoms with E-state index in [0.29, 0.717) is 13.1 Å². The number of nitrogens with one attached hydrogen (secondary N) is 3. The second-order valence-electron chi connectivity index (χ2n) is 6.43. The van der Waals surface area contributed by atoms with Crippen LogP contribution in [0.3, 0.4) is 0 Å². The summed E-state index contributed by atoms with van der Waals surface area (Å²) in [6.07, 6.45) is 6.32. The van der Waals surface area contributed by atoms with E-state index in [4.69, 9.17) is 0 Å². The number of para-hydroxylation sites is 1. The quantitative estimate of drug-likeness (QED) is 0.626. The maximum absolute atomic E-state index is 12.1. The zero-order valence-corrected chi connectivity index (χ0v) is 14.0. The molecule has 1 amide bonds. The van der Waals surface area contributed by atoms with Gasteiger partial charge in [0.05, 0.1) is 13.1 Å². The third-order valence-corrected chi connectivity index (χ3v) is 4.75. The summed E-state index contributed by atoms with van der Waals surface area (Å²) in [5.41, 5.74) is 2.37. The molecule has 0 saturated carbocycles. The molecule has 0 radical (unpaired) electrons. The van der Waals surface area contributed by atoms with Crippen molar-refractivity contribution in [3.63, 3.8) is 0 Å².